The monoisotopic (exact) mass is 376 g/mol. The lowest BCUT2D eigenvalue weighted by molar-refractivity contribution is 0.0832. The zero-order valence-electron chi connectivity index (χ0n) is 12.0. The van der Waals surface area contributed by atoms with Crippen molar-refractivity contribution in [2.75, 3.05) is 14.1 Å². The number of benzene rings is 1. The van der Waals surface area contributed by atoms with Crippen molar-refractivity contribution in [1.29, 1.82) is 0 Å². The Hall–Kier alpha value is -1.92. The van der Waals surface area contributed by atoms with E-state index < -0.39 is 0 Å². The molecule has 0 bridgehead atoms. The number of aromatic nitrogens is 1. The fourth-order valence-electron chi connectivity index (χ4n) is 1.97. The number of carbonyl (C=O) groups is 1. The molecule has 0 saturated heterocycles. The van der Waals surface area contributed by atoms with E-state index in [4.69, 9.17) is 4.74 Å². The van der Waals surface area contributed by atoms with Crippen molar-refractivity contribution in [3.63, 3.8) is 0 Å². The number of fused-ring (bicyclic) bond motifs is 1. The molecule has 0 saturated carbocycles. The second kappa shape index (κ2) is 6.06. The summed E-state index contributed by atoms with van der Waals surface area (Å²) in [6, 6.07) is 9.44. The largest absolute Gasteiger partial charge is 0.455 e. The second-order valence-electron chi connectivity index (χ2n) is 4.92. The first-order valence-corrected chi connectivity index (χ1v) is 8.18. The van der Waals surface area contributed by atoms with Gasteiger partial charge in [-0.1, -0.05) is 15.9 Å². The standard InChI is InChI=1S/C16H13BrN2O2S/c1-19(2)16(20)14-7-12-13(8-18-9-15(12)22-14)21-11-5-3-10(17)4-6-11/h3-9H,1-2H3. The third kappa shape index (κ3) is 2.98. The van der Waals surface area contributed by atoms with Crippen LogP contribution in [0, 0.1) is 0 Å². The van der Waals surface area contributed by atoms with Gasteiger partial charge in [-0.05, 0) is 30.3 Å². The molecule has 3 aromatic rings. The molecule has 1 amide bonds. The van der Waals surface area contributed by atoms with Crippen molar-refractivity contribution < 1.29 is 9.53 Å². The Labute approximate surface area is 140 Å². The third-order valence-electron chi connectivity index (χ3n) is 3.07. The Morgan fingerprint density at radius 1 is 1.23 bits per heavy atom. The molecule has 22 heavy (non-hydrogen) atoms. The maximum absolute atomic E-state index is 12.1. The molecule has 0 radical (unpaired) electrons. The van der Waals surface area contributed by atoms with Crippen molar-refractivity contribution >= 4 is 43.3 Å². The molecule has 0 aliphatic heterocycles. The maximum atomic E-state index is 12.1. The second-order valence-corrected chi connectivity index (χ2v) is 6.92. The molecule has 0 aliphatic carbocycles. The van der Waals surface area contributed by atoms with Crippen LogP contribution < -0.4 is 4.74 Å². The van der Waals surface area contributed by atoms with E-state index in [1.54, 1.807) is 31.4 Å². The fourth-order valence-corrected chi connectivity index (χ4v) is 3.30. The van der Waals surface area contributed by atoms with E-state index in [0.717, 1.165) is 20.3 Å². The Balaban J connectivity index is 1.99. The number of pyridine rings is 1. The lowest BCUT2D eigenvalue weighted by atomic mass is 10.2. The first kappa shape index (κ1) is 15.0. The van der Waals surface area contributed by atoms with Crippen LogP contribution in [0.5, 0.6) is 11.5 Å². The minimum absolute atomic E-state index is 0.0178. The summed E-state index contributed by atoms with van der Waals surface area (Å²) >= 11 is 4.81. The van der Waals surface area contributed by atoms with Gasteiger partial charge in [-0.15, -0.1) is 11.3 Å². The number of thiophene rings is 1. The SMILES string of the molecule is CN(C)C(=O)c1cc2c(Oc3ccc(Br)cc3)cncc2s1. The summed E-state index contributed by atoms with van der Waals surface area (Å²) in [5.41, 5.74) is 0. The highest BCUT2D eigenvalue weighted by Crippen LogP contribution is 2.34. The lowest BCUT2D eigenvalue weighted by Gasteiger charge is -2.07. The molecular weight excluding hydrogens is 364 g/mol. The molecule has 0 N–H and O–H groups in total. The number of amides is 1. The average Bonchev–Trinajstić information content (AvgIpc) is 2.93. The smallest absolute Gasteiger partial charge is 0.263 e. The predicted molar refractivity (Wildman–Crippen MR) is 91.9 cm³/mol. The van der Waals surface area contributed by atoms with Gasteiger partial charge in [-0.2, -0.15) is 0 Å². The van der Waals surface area contributed by atoms with E-state index in [-0.39, 0.29) is 5.91 Å². The molecule has 1 aromatic carbocycles. The number of nitrogens with zero attached hydrogens (tertiary/aromatic N) is 2. The molecule has 6 heteroatoms. The van der Waals surface area contributed by atoms with Crippen LogP contribution in [0.2, 0.25) is 0 Å². The van der Waals surface area contributed by atoms with Gasteiger partial charge in [0.05, 0.1) is 15.8 Å². The number of hydrogen-bond acceptors (Lipinski definition) is 4. The van der Waals surface area contributed by atoms with Crippen LogP contribution in [0.3, 0.4) is 0 Å². The summed E-state index contributed by atoms with van der Waals surface area (Å²) in [6.07, 6.45) is 3.42. The molecule has 0 aliphatic rings. The van der Waals surface area contributed by atoms with Gasteiger partial charge < -0.3 is 9.64 Å². The fraction of sp³-hybridized carbons (Fsp3) is 0.125. The molecule has 3 rings (SSSR count). The number of halogens is 1. The van der Waals surface area contributed by atoms with Crippen LogP contribution in [0.25, 0.3) is 10.1 Å². The molecular formula is C16H13BrN2O2S. The number of carbonyl (C=O) groups excluding carboxylic acids is 1. The van der Waals surface area contributed by atoms with Crippen LogP contribution in [-0.2, 0) is 0 Å². The molecule has 0 atom stereocenters. The topological polar surface area (TPSA) is 42.4 Å². The molecule has 112 valence electrons. The predicted octanol–water partition coefficient (Wildman–Crippen LogP) is 4.55. The Morgan fingerprint density at radius 2 is 1.95 bits per heavy atom. The summed E-state index contributed by atoms with van der Waals surface area (Å²) in [6.45, 7) is 0. The van der Waals surface area contributed by atoms with Gasteiger partial charge in [0.15, 0.2) is 5.75 Å². The third-order valence-corrected chi connectivity index (χ3v) is 4.65. The Bertz CT molecular complexity index is 828. The van der Waals surface area contributed by atoms with Gasteiger partial charge in [0.25, 0.3) is 5.91 Å². The van der Waals surface area contributed by atoms with Gasteiger partial charge in [-0.25, -0.2) is 0 Å². The lowest BCUT2D eigenvalue weighted by Crippen LogP contribution is -2.20. The highest BCUT2D eigenvalue weighted by molar-refractivity contribution is 9.10. The first-order chi connectivity index (χ1) is 10.5. The minimum Gasteiger partial charge on any atom is -0.455 e. The highest BCUT2D eigenvalue weighted by Gasteiger charge is 2.15. The van der Waals surface area contributed by atoms with Crippen LogP contribution in [0.4, 0.5) is 0 Å². The average molecular weight is 377 g/mol. The van der Waals surface area contributed by atoms with Gasteiger partial charge in [0, 0.05) is 30.2 Å². The van der Waals surface area contributed by atoms with Crippen molar-refractivity contribution in [3.05, 3.63) is 52.1 Å². The molecule has 2 aromatic heterocycles. The van der Waals surface area contributed by atoms with Gasteiger partial charge in [-0.3, -0.25) is 9.78 Å². The Kier molecular flexibility index (Phi) is 4.13. The summed E-state index contributed by atoms with van der Waals surface area (Å²) in [7, 11) is 3.48. The zero-order chi connectivity index (χ0) is 15.7. The summed E-state index contributed by atoms with van der Waals surface area (Å²) in [5.74, 6) is 1.36. The van der Waals surface area contributed by atoms with Crippen LogP contribution >= 0.6 is 27.3 Å². The highest BCUT2D eigenvalue weighted by atomic mass is 79.9. The van der Waals surface area contributed by atoms with Gasteiger partial charge in [0.1, 0.15) is 5.75 Å². The van der Waals surface area contributed by atoms with Crippen LogP contribution in [0.1, 0.15) is 9.67 Å². The van der Waals surface area contributed by atoms with E-state index in [2.05, 4.69) is 20.9 Å². The van der Waals surface area contributed by atoms with E-state index >= 15 is 0 Å². The summed E-state index contributed by atoms with van der Waals surface area (Å²) in [5, 5.41) is 0.896. The molecule has 0 unspecified atom stereocenters. The number of rotatable bonds is 3. The van der Waals surface area contributed by atoms with Gasteiger partial charge in [0.2, 0.25) is 0 Å². The molecule has 4 nitrogen and oxygen atoms in total. The molecule has 0 spiro atoms. The minimum atomic E-state index is -0.0178. The maximum Gasteiger partial charge on any atom is 0.263 e. The number of hydrogen-bond donors (Lipinski definition) is 0. The van der Waals surface area contributed by atoms with Gasteiger partial charge >= 0.3 is 0 Å². The molecule has 0 fully saturated rings. The zero-order valence-corrected chi connectivity index (χ0v) is 14.4. The van der Waals surface area contributed by atoms with Crippen molar-refractivity contribution in [2.45, 2.75) is 0 Å². The van der Waals surface area contributed by atoms with E-state index in [9.17, 15) is 4.79 Å². The first-order valence-electron chi connectivity index (χ1n) is 6.57. The molecule has 2 heterocycles. The van der Waals surface area contributed by atoms with E-state index in [1.165, 1.54) is 11.3 Å². The quantitative estimate of drug-likeness (QED) is 0.673. The Morgan fingerprint density at radius 3 is 2.64 bits per heavy atom. The van der Waals surface area contributed by atoms with E-state index in [1.807, 2.05) is 30.3 Å². The van der Waals surface area contributed by atoms with Crippen molar-refractivity contribution in [2.24, 2.45) is 0 Å². The van der Waals surface area contributed by atoms with E-state index in [0.29, 0.717) is 10.6 Å². The van der Waals surface area contributed by atoms with Crippen LogP contribution in [0.15, 0.2) is 47.2 Å². The van der Waals surface area contributed by atoms with Crippen LogP contribution in [-0.4, -0.2) is 29.9 Å². The van der Waals surface area contributed by atoms with Crippen molar-refractivity contribution in [1.82, 2.24) is 9.88 Å². The number of ether oxygens (including phenoxy) is 1. The van der Waals surface area contributed by atoms with Crippen molar-refractivity contribution in [3.8, 4) is 11.5 Å². The summed E-state index contributed by atoms with van der Waals surface area (Å²) < 4.78 is 7.82. The normalized spacial score (nSPS) is 10.7. The summed E-state index contributed by atoms with van der Waals surface area (Å²) in [4.78, 5) is 18.5.